The van der Waals surface area contributed by atoms with Crippen LogP contribution in [0.3, 0.4) is 0 Å². The third-order valence-corrected chi connectivity index (χ3v) is 9.73. The van der Waals surface area contributed by atoms with Gasteiger partial charge in [-0.15, -0.1) is 0 Å². The normalized spacial score (nSPS) is 11.8. The third-order valence-electron chi connectivity index (χ3n) is 9.73. The molecule has 0 N–H and O–H groups in total. The first-order valence-electron chi connectivity index (χ1n) is 17.1. The molecule has 4 heterocycles. The molecule has 0 radical (unpaired) electrons. The molecule has 0 atom stereocenters. The molecule has 11 aromatic rings. The van der Waals surface area contributed by atoms with Gasteiger partial charge >= 0.3 is 0 Å². The molecule has 52 heavy (non-hydrogen) atoms. The zero-order valence-electron chi connectivity index (χ0n) is 27.5. The number of furan rings is 3. The van der Waals surface area contributed by atoms with E-state index in [0.717, 1.165) is 88.3 Å². The predicted molar refractivity (Wildman–Crippen MR) is 207 cm³/mol. The second kappa shape index (κ2) is 11.1. The highest BCUT2D eigenvalue weighted by Crippen LogP contribution is 2.42. The smallest absolute Gasteiger partial charge is 0.238 e. The fourth-order valence-electron chi connectivity index (χ4n) is 7.30. The standard InChI is InChI=1S/C45H26N4O3/c1-2-11-29(12-3-1)49(36-17-10-16-34-31-14-5-9-20-39(31)52-42(34)36)45-47-43(27-22-24-40-35(25-27)32-15-6-8-19-38(32)50-40)46-44(48-45)28-21-23-33-30-13-4-7-18-37(30)51-41(33)26-28/h1-26H. The van der Waals surface area contributed by atoms with E-state index < -0.39 is 0 Å². The lowest BCUT2D eigenvalue weighted by molar-refractivity contribution is 0.668. The van der Waals surface area contributed by atoms with Crippen molar-refractivity contribution in [2.45, 2.75) is 0 Å². The number of hydrogen-bond donors (Lipinski definition) is 0. The summed E-state index contributed by atoms with van der Waals surface area (Å²) in [5, 5.41) is 6.18. The van der Waals surface area contributed by atoms with Gasteiger partial charge in [0.25, 0.3) is 0 Å². The van der Waals surface area contributed by atoms with Crippen molar-refractivity contribution in [3.05, 3.63) is 158 Å². The number of fused-ring (bicyclic) bond motifs is 9. The molecule has 0 aliphatic carbocycles. The van der Waals surface area contributed by atoms with Crippen LogP contribution >= 0.6 is 0 Å². The van der Waals surface area contributed by atoms with Crippen LogP contribution in [0.15, 0.2) is 171 Å². The second-order valence-corrected chi connectivity index (χ2v) is 12.8. The van der Waals surface area contributed by atoms with E-state index in [0.29, 0.717) is 17.6 Å². The average Bonchev–Trinajstić information content (AvgIpc) is 3.89. The Bertz CT molecular complexity index is 3160. The van der Waals surface area contributed by atoms with Gasteiger partial charge in [0, 0.05) is 49.1 Å². The Kier molecular flexibility index (Phi) is 6.12. The highest BCUT2D eigenvalue weighted by Gasteiger charge is 2.24. The van der Waals surface area contributed by atoms with Crippen LogP contribution in [0.2, 0.25) is 0 Å². The molecule has 0 aliphatic heterocycles. The number of benzene rings is 7. The van der Waals surface area contributed by atoms with E-state index in [-0.39, 0.29) is 0 Å². The van der Waals surface area contributed by atoms with Crippen molar-refractivity contribution in [2.75, 3.05) is 4.90 Å². The monoisotopic (exact) mass is 670 g/mol. The van der Waals surface area contributed by atoms with Gasteiger partial charge in [0.15, 0.2) is 17.2 Å². The first-order valence-corrected chi connectivity index (χ1v) is 17.1. The van der Waals surface area contributed by atoms with Crippen LogP contribution in [0.4, 0.5) is 17.3 Å². The molecule has 4 aromatic heterocycles. The van der Waals surface area contributed by atoms with Gasteiger partial charge in [-0.25, -0.2) is 4.98 Å². The molecule has 0 saturated carbocycles. The molecular weight excluding hydrogens is 645 g/mol. The predicted octanol–water partition coefficient (Wildman–Crippen LogP) is 12.4. The Balaban J connectivity index is 1.18. The molecule has 244 valence electrons. The highest BCUT2D eigenvalue weighted by molar-refractivity contribution is 6.10. The van der Waals surface area contributed by atoms with Crippen molar-refractivity contribution in [1.82, 2.24) is 15.0 Å². The first-order chi connectivity index (χ1) is 25.7. The lowest BCUT2D eigenvalue weighted by Gasteiger charge is -2.24. The minimum atomic E-state index is 0.445. The van der Waals surface area contributed by atoms with E-state index in [1.807, 2.05) is 114 Å². The van der Waals surface area contributed by atoms with Crippen LogP contribution in [0.25, 0.3) is 88.6 Å². The van der Waals surface area contributed by atoms with Gasteiger partial charge < -0.3 is 13.3 Å². The maximum absolute atomic E-state index is 6.56. The molecule has 11 rings (SSSR count). The number of hydrogen-bond acceptors (Lipinski definition) is 7. The summed E-state index contributed by atoms with van der Waals surface area (Å²) in [6.45, 7) is 0. The van der Waals surface area contributed by atoms with Gasteiger partial charge in [-0.05, 0) is 66.7 Å². The van der Waals surface area contributed by atoms with E-state index in [1.54, 1.807) is 0 Å². The zero-order valence-corrected chi connectivity index (χ0v) is 27.5. The van der Waals surface area contributed by atoms with Crippen LogP contribution in [0, 0.1) is 0 Å². The quantitative estimate of drug-likeness (QED) is 0.180. The Morgan fingerprint density at radius 2 is 0.904 bits per heavy atom. The van der Waals surface area contributed by atoms with Gasteiger partial charge in [0.05, 0.1) is 5.69 Å². The Labute approximate surface area is 296 Å². The third kappa shape index (κ3) is 4.43. The summed E-state index contributed by atoms with van der Waals surface area (Å²) in [4.78, 5) is 17.6. The maximum Gasteiger partial charge on any atom is 0.238 e. The molecule has 7 heteroatoms. The summed E-state index contributed by atoms with van der Waals surface area (Å²) in [7, 11) is 0. The SMILES string of the molecule is c1ccc(N(c2nc(-c3ccc4c(c3)oc3ccccc34)nc(-c3ccc4oc5ccccc5c4c3)n2)c2cccc3c2oc2ccccc23)cc1. The van der Waals surface area contributed by atoms with E-state index in [9.17, 15) is 0 Å². The molecule has 0 saturated heterocycles. The van der Waals surface area contributed by atoms with Crippen molar-refractivity contribution in [1.29, 1.82) is 0 Å². The van der Waals surface area contributed by atoms with Crippen LogP contribution in [0.1, 0.15) is 0 Å². The first kappa shape index (κ1) is 28.6. The fourth-order valence-corrected chi connectivity index (χ4v) is 7.30. The van der Waals surface area contributed by atoms with Crippen molar-refractivity contribution in [3.8, 4) is 22.8 Å². The summed E-state index contributed by atoms with van der Waals surface area (Å²) in [6, 6.07) is 52.8. The van der Waals surface area contributed by atoms with E-state index in [4.69, 9.17) is 28.2 Å². The molecule has 0 amide bonds. The summed E-state index contributed by atoms with van der Waals surface area (Å²) in [6.07, 6.45) is 0. The molecule has 7 aromatic carbocycles. The molecule has 0 unspecified atom stereocenters. The van der Waals surface area contributed by atoms with Crippen LogP contribution in [-0.2, 0) is 0 Å². The fraction of sp³-hybridized carbons (Fsp3) is 0. The van der Waals surface area contributed by atoms with Crippen molar-refractivity contribution in [2.24, 2.45) is 0 Å². The van der Waals surface area contributed by atoms with Crippen molar-refractivity contribution < 1.29 is 13.3 Å². The molecule has 0 spiro atoms. The number of para-hydroxylation sites is 5. The van der Waals surface area contributed by atoms with Crippen molar-refractivity contribution in [3.63, 3.8) is 0 Å². The van der Waals surface area contributed by atoms with E-state index in [1.165, 1.54) is 0 Å². The zero-order chi connectivity index (χ0) is 34.2. The summed E-state index contributed by atoms with van der Waals surface area (Å²) in [5.41, 5.74) is 8.12. The van der Waals surface area contributed by atoms with E-state index in [2.05, 4.69) is 48.5 Å². The number of rotatable bonds is 5. The number of aromatic nitrogens is 3. The Morgan fingerprint density at radius 3 is 1.65 bits per heavy atom. The summed E-state index contributed by atoms with van der Waals surface area (Å²) in [5.74, 6) is 1.48. The van der Waals surface area contributed by atoms with Gasteiger partial charge in [0.1, 0.15) is 27.9 Å². The second-order valence-electron chi connectivity index (χ2n) is 12.8. The lowest BCUT2D eigenvalue weighted by atomic mass is 10.1. The van der Waals surface area contributed by atoms with Gasteiger partial charge in [-0.3, -0.25) is 4.90 Å². The maximum atomic E-state index is 6.56. The van der Waals surface area contributed by atoms with Crippen LogP contribution in [-0.4, -0.2) is 15.0 Å². The minimum absolute atomic E-state index is 0.445. The lowest BCUT2D eigenvalue weighted by Crippen LogP contribution is -2.15. The average molecular weight is 671 g/mol. The molecule has 7 nitrogen and oxygen atoms in total. The molecule has 0 fully saturated rings. The largest absolute Gasteiger partial charge is 0.456 e. The highest BCUT2D eigenvalue weighted by atomic mass is 16.3. The van der Waals surface area contributed by atoms with Crippen molar-refractivity contribution >= 4 is 83.1 Å². The Hall–Kier alpha value is -7.25. The molecule has 0 aliphatic rings. The van der Waals surface area contributed by atoms with Gasteiger partial charge in [-0.2, -0.15) is 9.97 Å². The van der Waals surface area contributed by atoms with Crippen LogP contribution in [0.5, 0.6) is 0 Å². The summed E-state index contributed by atoms with van der Waals surface area (Å²) < 4.78 is 19.0. The van der Waals surface area contributed by atoms with Crippen LogP contribution < -0.4 is 4.90 Å². The minimum Gasteiger partial charge on any atom is -0.456 e. The Morgan fingerprint density at radius 1 is 0.365 bits per heavy atom. The molecular formula is C45H26N4O3. The van der Waals surface area contributed by atoms with Gasteiger partial charge in [0.2, 0.25) is 5.95 Å². The number of anilines is 3. The van der Waals surface area contributed by atoms with Gasteiger partial charge in [-0.1, -0.05) is 91.0 Å². The molecule has 0 bridgehead atoms. The summed E-state index contributed by atoms with van der Waals surface area (Å²) >= 11 is 0. The topological polar surface area (TPSA) is 81.3 Å². The number of nitrogens with zero attached hydrogens (tertiary/aromatic N) is 4. The van der Waals surface area contributed by atoms with E-state index >= 15 is 0 Å².